The molecule has 62 valence electrons. The van der Waals surface area contributed by atoms with E-state index in [-0.39, 0.29) is 0 Å². The van der Waals surface area contributed by atoms with Crippen LogP contribution in [-0.2, 0) is 4.79 Å². The number of carboxylic acids is 1. The summed E-state index contributed by atoms with van der Waals surface area (Å²) in [4.78, 5) is 10.7. The van der Waals surface area contributed by atoms with Crippen LogP contribution in [-0.4, -0.2) is 11.1 Å². The van der Waals surface area contributed by atoms with E-state index in [0.717, 1.165) is 0 Å². The van der Waals surface area contributed by atoms with Gasteiger partial charge in [-0.05, 0) is 12.3 Å². The highest BCUT2D eigenvalue weighted by Gasteiger charge is 2.44. The summed E-state index contributed by atoms with van der Waals surface area (Å²) in [6.07, 6.45) is 0. The summed E-state index contributed by atoms with van der Waals surface area (Å²) >= 11 is 0. The average molecular weight is 155 g/mol. The Labute approximate surface area is 66.6 Å². The fourth-order valence-corrected chi connectivity index (χ4v) is 0.536. The number of aliphatic carboxylic acids is 1. The van der Waals surface area contributed by atoms with Gasteiger partial charge in [-0.1, -0.05) is 20.8 Å². The Bertz CT molecular complexity index is 209. The minimum Gasteiger partial charge on any atom is -0.480 e. The first-order valence-corrected chi connectivity index (χ1v) is 3.40. The molecule has 0 aliphatic heterocycles. The highest BCUT2D eigenvalue weighted by Crippen LogP contribution is 2.37. The maximum absolute atomic E-state index is 10.7. The summed E-state index contributed by atoms with van der Waals surface area (Å²) in [6, 6.07) is 1.82. The lowest BCUT2D eigenvalue weighted by Crippen LogP contribution is -2.38. The molecule has 0 heterocycles. The van der Waals surface area contributed by atoms with E-state index in [0.29, 0.717) is 0 Å². The van der Waals surface area contributed by atoms with Crippen LogP contribution in [0.2, 0.25) is 0 Å². The maximum atomic E-state index is 10.7. The fraction of sp³-hybridized carbons (Fsp3) is 0.750. The maximum Gasteiger partial charge on any atom is 0.324 e. The number of nitrogens with zero attached hydrogens (tertiary/aromatic N) is 1. The van der Waals surface area contributed by atoms with Crippen molar-refractivity contribution in [2.45, 2.75) is 27.7 Å². The van der Waals surface area contributed by atoms with Crippen LogP contribution in [0.25, 0.3) is 0 Å². The lowest BCUT2D eigenvalue weighted by molar-refractivity contribution is -0.149. The van der Waals surface area contributed by atoms with Gasteiger partial charge in [-0.15, -0.1) is 0 Å². The minimum absolute atomic E-state index is 0.534. The monoisotopic (exact) mass is 155 g/mol. The molecule has 0 saturated heterocycles. The highest BCUT2D eigenvalue weighted by atomic mass is 16.4. The van der Waals surface area contributed by atoms with Gasteiger partial charge in [0.05, 0.1) is 6.07 Å². The van der Waals surface area contributed by atoms with Gasteiger partial charge < -0.3 is 5.11 Å². The molecule has 0 aromatic heterocycles. The highest BCUT2D eigenvalue weighted by molar-refractivity contribution is 5.78. The molecular formula is C8H13NO2. The van der Waals surface area contributed by atoms with Crippen LogP contribution in [0.15, 0.2) is 0 Å². The van der Waals surface area contributed by atoms with Gasteiger partial charge in [-0.2, -0.15) is 5.26 Å². The molecule has 3 nitrogen and oxygen atoms in total. The zero-order valence-electron chi connectivity index (χ0n) is 7.30. The van der Waals surface area contributed by atoms with Crippen LogP contribution < -0.4 is 0 Å². The first kappa shape index (κ1) is 9.96. The summed E-state index contributed by atoms with van der Waals surface area (Å²) in [5.41, 5.74) is -1.83. The van der Waals surface area contributed by atoms with Gasteiger partial charge in [0.1, 0.15) is 0 Å². The van der Waals surface area contributed by atoms with Crippen LogP contribution in [0.4, 0.5) is 0 Å². The van der Waals surface area contributed by atoms with Gasteiger partial charge in [0.25, 0.3) is 0 Å². The molecule has 11 heavy (non-hydrogen) atoms. The van der Waals surface area contributed by atoms with Gasteiger partial charge in [0, 0.05) is 0 Å². The van der Waals surface area contributed by atoms with E-state index in [2.05, 4.69) is 0 Å². The SMILES string of the molecule is CC(C)(C)C(C)(C#N)C(=O)O. The van der Waals surface area contributed by atoms with E-state index in [1.54, 1.807) is 20.8 Å². The Balaban J connectivity index is 4.96. The third kappa shape index (κ3) is 1.51. The number of carboxylic acid groups (broad SMARTS) is 1. The fourth-order valence-electron chi connectivity index (χ4n) is 0.536. The van der Waals surface area contributed by atoms with Crippen LogP contribution in [0, 0.1) is 22.2 Å². The third-order valence-corrected chi connectivity index (χ3v) is 2.15. The Morgan fingerprint density at radius 3 is 1.73 bits per heavy atom. The van der Waals surface area contributed by atoms with Crippen molar-refractivity contribution in [3.63, 3.8) is 0 Å². The average Bonchev–Trinajstić information content (AvgIpc) is 1.83. The van der Waals surface area contributed by atoms with E-state index in [1.165, 1.54) is 6.92 Å². The molecule has 1 unspecified atom stereocenters. The molecule has 0 spiro atoms. The van der Waals surface area contributed by atoms with Crippen molar-refractivity contribution < 1.29 is 9.90 Å². The number of hydrogen-bond acceptors (Lipinski definition) is 2. The molecular weight excluding hydrogens is 142 g/mol. The largest absolute Gasteiger partial charge is 0.480 e. The van der Waals surface area contributed by atoms with Gasteiger partial charge in [0.2, 0.25) is 0 Å². The van der Waals surface area contributed by atoms with Gasteiger partial charge in [-0.25, -0.2) is 0 Å². The van der Waals surface area contributed by atoms with Crippen molar-refractivity contribution in [3.8, 4) is 6.07 Å². The molecule has 0 radical (unpaired) electrons. The molecule has 0 aliphatic rings. The Morgan fingerprint density at radius 2 is 1.73 bits per heavy atom. The zero-order chi connectivity index (χ0) is 9.28. The number of nitriles is 1. The molecule has 0 rings (SSSR count). The second-order valence-electron chi connectivity index (χ2n) is 3.79. The standard InChI is InChI=1S/C8H13NO2/c1-7(2,3)8(4,5-9)6(10)11/h1-4H3,(H,10,11). The lowest BCUT2D eigenvalue weighted by Gasteiger charge is -2.31. The van der Waals surface area contributed by atoms with E-state index in [4.69, 9.17) is 10.4 Å². The quantitative estimate of drug-likeness (QED) is 0.626. The molecule has 0 aliphatic carbocycles. The van der Waals surface area contributed by atoms with Gasteiger partial charge >= 0.3 is 5.97 Å². The van der Waals surface area contributed by atoms with Gasteiger partial charge in [-0.3, -0.25) is 4.79 Å². The minimum atomic E-state index is -1.30. The number of rotatable bonds is 1. The van der Waals surface area contributed by atoms with E-state index < -0.39 is 16.8 Å². The van der Waals surface area contributed by atoms with Crippen LogP contribution in [0.3, 0.4) is 0 Å². The van der Waals surface area contributed by atoms with Crippen LogP contribution in [0.5, 0.6) is 0 Å². The van der Waals surface area contributed by atoms with Crippen molar-refractivity contribution in [2.24, 2.45) is 10.8 Å². The predicted octanol–water partition coefficient (Wildman–Crippen LogP) is 1.65. The number of hydrogen-bond donors (Lipinski definition) is 1. The Morgan fingerprint density at radius 1 is 1.36 bits per heavy atom. The van der Waals surface area contributed by atoms with E-state index in [1.807, 2.05) is 6.07 Å². The number of carbonyl (C=O) groups is 1. The lowest BCUT2D eigenvalue weighted by atomic mass is 9.69. The Hall–Kier alpha value is -1.04. The second kappa shape index (κ2) is 2.54. The first-order valence-electron chi connectivity index (χ1n) is 3.40. The summed E-state index contributed by atoms with van der Waals surface area (Å²) in [7, 11) is 0. The van der Waals surface area contributed by atoms with E-state index >= 15 is 0 Å². The summed E-state index contributed by atoms with van der Waals surface area (Å²) in [5, 5.41) is 17.4. The molecule has 0 fully saturated rings. The molecule has 1 N–H and O–H groups in total. The van der Waals surface area contributed by atoms with Crippen molar-refractivity contribution in [2.75, 3.05) is 0 Å². The summed E-state index contributed by atoms with van der Waals surface area (Å²) in [5.74, 6) is -1.06. The topological polar surface area (TPSA) is 61.1 Å². The molecule has 0 saturated carbocycles. The molecule has 0 amide bonds. The molecule has 1 atom stereocenters. The second-order valence-corrected chi connectivity index (χ2v) is 3.79. The van der Waals surface area contributed by atoms with Crippen molar-refractivity contribution >= 4 is 5.97 Å². The molecule has 3 heteroatoms. The third-order valence-electron chi connectivity index (χ3n) is 2.15. The van der Waals surface area contributed by atoms with Crippen molar-refractivity contribution in [3.05, 3.63) is 0 Å². The predicted molar refractivity (Wildman–Crippen MR) is 40.8 cm³/mol. The molecule has 0 bridgehead atoms. The molecule has 0 aromatic carbocycles. The Kier molecular flexibility index (Phi) is 2.30. The first-order chi connectivity index (χ1) is 4.75. The summed E-state index contributed by atoms with van der Waals surface area (Å²) < 4.78 is 0. The van der Waals surface area contributed by atoms with Crippen molar-refractivity contribution in [1.29, 1.82) is 5.26 Å². The van der Waals surface area contributed by atoms with E-state index in [9.17, 15) is 4.79 Å². The molecule has 0 aromatic rings. The van der Waals surface area contributed by atoms with Crippen molar-refractivity contribution in [1.82, 2.24) is 0 Å². The van der Waals surface area contributed by atoms with Gasteiger partial charge in [0.15, 0.2) is 5.41 Å². The summed E-state index contributed by atoms with van der Waals surface area (Å²) in [6.45, 7) is 6.66. The smallest absolute Gasteiger partial charge is 0.324 e. The normalized spacial score (nSPS) is 16.6. The van der Waals surface area contributed by atoms with Crippen LogP contribution in [0.1, 0.15) is 27.7 Å². The van der Waals surface area contributed by atoms with Crippen LogP contribution >= 0.6 is 0 Å². The zero-order valence-corrected chi connectivity index (χ0v) is 7.30.